The van der Waals surface area contributed by atoms with Crippen LogP contribution in [0.1, 0.15) is 44.6 Å². The van der Waals surface area contributed by atoms with E-state index < -0.39 is 0 Å². The van der Waals surface area contributed by atoms with Crippen molar-refractivity contribution < 1.29 is 4.74 Å². The highest BCUT2D eigenvalue weighted by atomic mass is 16.5. The molecule has 0 saturated heterocycles. The van der Waals surface area contributed by atoms with Gasteiger partial charge in [-0.15, -0.1) is 0 Å². The Morgan fingerprint density at radius 3 is 2.94 bits per heavy atom. The summed E-state index contributed by atoms with van der Waals surface area (Å²) in [6.07, 6.45) is 8.59. The average molecular weight is 248 g/mol. The Balaban J connectivity index is 1.80. The molecule has 1 aliphatic carbocycles. The molecule has 1 saturated carbocycles. The average Bonchev–Trinajstić information content (AvgIpc) is 2.44. The van der Waals surface area contributed by atoms with Crippen molar-refractivity contribution in [3.05, 3.63) is 23.9 Å². The summed E-state index contributed by atoms with van der Waals surface area (Å²) in [6, 6.07) is 4.08. The maximum Gasteiger partial charge on any atom is 0.213 e. The second-order valence-corrected chi connectivity index (χ2v) is 5.10. The van der Waals surface area contributed by atoms with Crippen LogP contribution in [0.15, 0.2) is 18.3 Å². The Hall–Kier alpha value is -1.09. The third-order valence-corrected chi connectivity index (χ3v) is 3.57. The lowest BCUT2D eigenvalue weighted by molar-refractivity contribution is 0.202. The van der Waals surface area contributed by atoms with E-state index in [1.807, 2.05) is 18.3 Å². The molecular formula is C15H24N2O. The van der Waals surface area contributed by atoms with Crippen molar-refractivity contribution in [2.75, 3.05) is 13.2 Å². The van der Waals surface area contributed by atoms with Gasteiger partial charge in [-0.25, -0.2) is 4.98 Å². The van der Waals surface area contributed by atoms with Gasteiger partial charge in [0.2, 0.25) is 5.88 Å². The molecular weight excluding hydrogens is 224 g/mol. The lowest BCUT2D eigenvalue weighted by Crippen LogP contribution is -2.16. The summed E-state index contributed by atoms with van der Waals surface area (Å²) in [6.45, 7) is 4.82. The molecule has 3 nitrogen and oxygen atoms in total. The summed E-state index contributed by atoms with van der Waals surface area (Å²) < 4.78 is 5.83. The molecule has 1 aromatic heterocycles. The van der Waals surface area contributed by atoms with Crippen molar-refractivity contribution >= 4 is 0 Å². The fourth-order valence-corrected chi connectivity index (χ4v) is 2.47. The number of rotatable bonds is 6. The highest BCUT2D eigenvalue weighted by Gasteiger charge is 2.14. The van der Waals surface area contributed by atoms with Crippen LogP contribution in [-0.2, 0) is 6.54 Å². The summed E-state index contributed by atoms with van der Waals surface area (Å²) in [4.78, 5) is 4.28. The highest BCUT2D eigenvalue weighted by Crippen LogP contribution is 2.24. The third kappa shape index (κ3) is 4.30. The Morgan fingerprint density at radius 2 is 2.17 bits per heavy atom. The maximum atomic E-state index is 5.83. The van der Waals surface area contributed by atoms with Gasteiger partial charge >= 0.3 is 0 Å². The molecule has 1 fully saturated rings. The van der Waals surface area contributed by atoms with E-state index in [-0.39, 0.29) is 0 Å². The van der Waals surface area contributed by atoms with E-state index in [0.717, 1.165) is 31.5 Å². The quantitative estimate of drug-likeness (QED) is 0.839. The molecule has 0 spiro atoms. The van der Waals surface area contributed by atoms with Gasteiger partial charge in [0.1, 0.15) is 0 Å². The SMILES string of the molecule is CCNCc1ccnc(OCC2CCCCC2)c1. The van der Waals surface area contributed by atoms with Gasteiger partial charge in [-0.05, 0) is 36.9 Å². The van der Waals surface area contributed by atoms with Crippen LogP contribution in [-0.4, -0.2) is 18.1 Å². The highest BCUT2D eigenvalue weighted by molar-refractivity contribution is 5.20. The largest absolute Gasteiger partial charge is 0.477 e. The molecule has 0 unspecified atom stereocenters. The number of aromatic nitrogens is 1. The van der Waals surface area contributed by atoms with E-state index in [1.165, 1.54) is 37.7 Å². The summed E-state index contributed by atoms with van der Waals surface area (Å²) in [7, 11) is 0. The monoisotopic (exact) mass is 248 g/mol. The van der Waals surface area contributed by atoms with Gasteiger partial charge in [-0.3, -0.25) is 0 Å². The van der Waals surface area contributed by atoms with Gasteiger partial charge in [0.05, 0.1) is 6.61 Å². The molecule has 0 amide bonds. The standard InChI is InChI=1S/C15H24N2O/c1-2-16-11-14-8-9-17-15(10-14)18-12-13-6-4-3-5-7-13/h8-10,13,16H,2-7,11-12H2,1H3. The summed E-state index contributed by atoms with van der Waals surface area (Å²) in [5.41, 5.74) is 1.24. The number of hydrogen-bond donors (Lipinski definition) is 1. The van der Waals surface area contributed by atoms with Crippen molar-refractivity contribution in [1.82, 2.24) is 10.3 Å². The van der Waals surface area contributed by atoms with Crippen molar-refractivity contribution in [2.24, 2.45) is 5.92 Å². The second-order valence-electron chi connectivity index (χ2n) is 5.10. The van der Waals surface area contributed by atoms with Crippen LogP contribution in [0.2, 0.25) is 0 Å². The van der Waals surface area contributed by atoms with Crippen LogP contribution in [0.4, 0.5) is 0 Å². The van der Waals surface area contributed by atoms with E-state index in [0.29, 0.717) is 0 Å². The molecule has 1 aromatic rings. The molecule has 18 heavy (non-hydrogen) atoms. The predicted octanol–water partition coefficient (Wildman–Crippen LogP) is 3.15. The predicted molar refractivity (Wildman–Crippen MR) is 73.7 cm³/mol. The Labute approximate surface area is 110 Å². The Bertz CT molecular complexity index is 348. The Kier molecular flexibility index (Phi) is 5.46. The summed E-state index contributed by atoms with van der Waals surface area (Å²) >= 11 is 0. The maximum absolute atomic E-state index is 5.83. The van der Waals surface area contributed by atoms with Crippen molar-refractivity contribution in [3.8, 4) is 5.88 Å². The molecule has 1 N–H and O–H groups in total. The number of hydrogen-bond acceptors (Lipinski definition) is 3. The van der Waals surface area contributed by atoms with Crippen LogP contribution in [0.5, 0.6) is 5.88 Å². The first-order valence-electron chi connectivity index (χ1n) is 7.17. The minimum atomic E-state index is 0.734. The van der Waals surface area contributed by atoms with E-state index in [9.17, 15) is 0 Å². The molecule has 0 aromatic carbocycles. The van der Waals surface area contributed by atoms with E-state index in [1.54, 1.807) is 0 Å². The number of pyridine rings is 1. The first-order valence-corrected chi connectivity index (χ1v) is 7.17. The normalized spacial score (nSPS) is 16.7. The van der Waals surface area contributed by atoms with Gasteiger partial charge < -0.3 is 10.1 Å². The lowest BCUT2D eigenvalue weighted by Gasteiger charge is -2.21. The molecule has 0 bridgehead atoms. The van der Waals surface area contributed by atoms with Crippen LogP contribution in [0.25, 0.3) is 0 Å². The van der Waals surface area contributed by atoms with Crippen molar-refractivity contribution in [1.29, 1.82) is 0 Å². The van der Waals surface area contributed by atoms with Gasteiger partial charge in [0.25, 0.3) is 0 Å². The van der Waals surface area contributed by atoms with Crippen molar-refractivity contribution in [2.45, 2.75) is 45.6 Å². The zero-order valence-corrected chi connectivity index (χ0v) is 11.3. The van der Waals surface area contributed by atoms with E-state index >= 15 is 0 Å². The minimum Gasteiger partial charge on any atom is -0.477 e. The number of nitrogens with one attached hydrogen (secondary N) is 1. The summed E-state index contributed by atoms with van der Waals surface area (Å²) in [5.74, 6) is 1.51. The molecule has 0 radical (unpaired) electrons. The first kappa shape index (κ1) is 13.3. The first-order chi connectivity index (χ1) is 8.88. The van der Waals surface area contributed by atoms with Crippen LogP contribution in [0, 0.1) is 5.92 Å². The van der Waals surface area contributed by atoms with Gasteiger partial charge in [-0.2, -0.15) is 0 Å². The zero-order chi connectivity index (χ0) is 12.6. The smallest absolute Gasteiger partial charge is 0.213 e. The molecule has 3 heteroatoms. The molecule has 2 rings (SSSR count). The second kappa shape index (κ2) is 7.37. The molecule has 0 atom stereocenters. The topological polar surface area (TPSA) is 34.2 Å². The van der Waals surface area contributed by atoms with Crippen LogP contribution >= 0.6 is 0 Å². The third-order valence-electron chi connectivity index (χ3n) is 3.57. The Morgan fingerprint density at radius 1 is 1.33 bits per heavy atom. The van der Waals surface area contributed by atoms with Crippen molar-refractivity contribution in [3.63, 3.8) is 0 Å². The van der Waals surface area contributed by atoms with Gasteiger partial charge in [0, 0.05) is 18.8 Å². The zero-order valence-electron chi connectivity index (χ0n) is 11.3. The fourth-order valence-electron chi connectivity index (χ4n) is 2.47. The van der Waals surface area contributed by atoms with Crippen LogP contribution in [0.3, 0.4) is 0 Å². The number of nitrogens with zero attached hydrogens (tertiary/aromatic N) is 1. The molecule has 1 aliphatic rings. The van der Waals surface area contributed by atoms with Gasteiger partial charge in [-0.1, -0.05) is 26.2 Å². The fraction of sp³-hybridized carbons (Fsp3) is 0.667. The molecule has 0 aliphatic heterocycles. The van der Waals surface area contributed by atoms with E-state index in [2.05, 4.69) is 17.2 Å². The van der Waals surface area contributed by atoms with E-state index in [4.69, 9.17) is 4.74 Å². The lowest BCUT2D eigenvalue weighted by atomic mass is 9.90. The minimum absolute atomic E-state index is 0.734. The van der Waals surface area contributed by atoms with Gasteiger partial charge in [0.15, 0.2) is 0 Å². The number of ether oxygens (including phenoxy) is 1. The summed E-state index contributed by atoms with van der Waals surface area (Å²) in [5, 5.41) is 3.31. The van der Waals surface area contributed by atoms with Crippen LogP contribution < -0.4 is 10.1 Å². The molecule has 100 valence electrons. The molecule has 1 heterocycles.